The number of hydrogen-bond acceptors (Lipinski definition) is 3. The van der Waals surface area contributed by atoms with Crippen molar-refractivity contribution in [1.29, 1.82) is 0 Å². The van der Waals surface area contributed by atoms with Crippen molar-refractivity contribution in [3.05, 3.63) is 63.4 Å². The number of nitrogens with zero attached hydrogens (tertiary/aromatic N) is 1. The summed E-state index contributed by atoms with van der Waals surface area (Å²) in [5.41, 5.74) is 4.46. The van der Waals surface area contributed by atoms with E-state index >= 15 is 0 Å². The molecule has 21 heavy (non-hydrogen) atoms. The number of phenols is 1. The van der Waals surface area contributed by atoms with Crippen molar-refractivity contribution in [2.24, 2.45) is 5.10 Å². The molecular formula is C15H11Cl2FN2O. The molecule has 0 aliphatic carbocycles. The fraction of sp³-hybridized carbons (Fsp3) is 0.133. The van der Waals surface area contributed by atoms with Crippen LogP contribution in [-0.4, -0.2) is 10.8 Å². The number of aromatic hydroxyl groups is 1. The van der Waals surface area contributed by atoms with E-state index in [0.29, 0.717) is 28.3 Å². The Morgan fingerprint density at radius 3 is 2.76 bits per heavy atom. The van der Waals surface area contributed by atoms with E-state index < -0.39 is 0 Å². The van der Waals surface area contributed by atoms with Gasteiger partial charge in [0.15, 0.2) is 0 Å². The van der Waals surface area contributed by atoms with Crippen molar-refractivity contribution in [1.82, 2.24) is 5.43 Å². The van der Waals surface area contributed by atoms with Gasteiger partial charge in [-0.2, -0.15) is 5.10 Å². The number of hydrogen-bond donors (Lipinski definition) is 2. The van der Waals surface area contributed by atoms with Crippen LogP contribution in [0.5, 0.6) is 5.75 Å². The number of halogens is 3. The van der Waals surface area contributed by atoms with Gasteiger partial charge >= 0.3 is 0 Å². The van der Waals surface area contributed by atoms with E-state index in [1.54, 1.807) is 24.3 Å². The van der Waals surface area contributed by atoms with Crippen molar-refractivity contribution in [2.45, 2.75) is 12.5 Å². The van der Waals surface area contributed by atoms with Gasteiger partial charge in [0.25, 0.3) is 0 Å². The third-order valence-electron chi connectivity index (χ3n) is 3.37. The van der Waals surface area contributed by atoms with Gasteiger partial charge in [0.05, 0.1) is 16.8 Å². The van der Waals surface area contributed by atoms with Gasteiger partial charge in [0.1, 0.15) is 11.6 Å². The molecule has 0 amide bonds. The van der Waals surface area contributed by atoms with Crippen molar-refractivity contribution in [3.8, 4) is 5.75 Å². The molecule has 2 aromatic carbocycles. The molecule has 6 heteroatoms. The number of benzene rings is 2. The minimum atomic E-state index is -0.292. The molecule has 2 aromatic rings. The molecular weight excluding hydrogens is 314 g/mol. The largest absolute Gasteiger partial charge is 0.506 e. The van der Waals surface area contributed by atoms with E-state index in [1.807, 2.05) is 0 Å². The van der Waals surface area contributed by atoms with Gasteiger partial charge in [-0.25, -0.2) is 4.39 Å². The summed E-state index contributed by atoms with van der Waals surface area (Å²) < 4.78 is 13.8. The van der Waals surface area contributed by atoms with Crippen molar-refractivity contribution in [2.75, 3.05) is 0 Å². The van der Waals surface area contributed by atoms with Gasteiger partial charge in [-0.05, 0) is 18.2 Å². The molecule has 3 rings (SSSR count). The van der Waals surface area contributed by atoms with Gasteiger partial charge in [-0.15, -0.1) is 0 Å². The highest BCUT2D eigenvalue weighted by atomic mass is 35.5. The highest BCUT2D eigenvalue weighted by molar-refractivity contribution is 6.36. The first-order valence-corrected chi connectivity index (χ1v) is 7.06. The molecule has 1 atom stereocenters. The van der Waals surface area contributed by atoms with Crippen molar-refractivity contribution >= 4 is 28.9 Å². The number of nitrogens with one attached hydrogen (secondary N) is 1. The Kier molecular flexibility index (Phi) is 3.74. The lowest BCUT2D eigenvalue weighted by Gasteiger charge is -2.11. The van der Waals surface area contributed by atoms with Gasteiger partial charge < -0.3 is 10.5 Å². The molecule has 1 aliphatic heterocycles. The average Bonchev–Trinajstić information content (AvgIpc) is 2.92. The third kappa shape index (κ3) is 2.69. The molecule has 0 saturated heterocycles. The SMILES string of the molecule is Oc1c(Cl)cc(Cl)cc1C1=NN[C@@H](c2ccccc2F)C1. The van der Waals surface area contributed by atoms with Gasteiger partial charge in [-0.1, -0.05) is 41.4 Å². The zero-order valence-corrected chi connectivity index (χ0v) is 12.3. The molecule has 0 radical (unpaired) electrons. The molecule has 1 heterocycles. The molecule has 1 aliphatic rings. The number of rotatable bonds is 2. The first kappa shape index (κ1) is 14.2. The van der Waals surface area contributed by atoms with Crippen molar-refractivity contribution in [3.63, 3.8) is 0 Å². The summed E-state index contributed by atoms with van der Waals surface area (Å²) in [7, 11) is 0. The second-order valence-electron chi connectivity index (χ2n) is 4.75. The second-order valence-corrected chi connectivity index (χ2v) is 5.59. The van der Waals surface area contributed by atoms with Crippen LogP contribution in [0.15, 0.2) is 41.5 Å². The highest BCUT2D eigenvalue weighted by Crippen LogP contribution is 2.35. The fourth-order valence-electron chi connectivity index (χ4n) is 2.33. The molecule has 0 aromatic heterocycles. The van der Waals surface area contributed by atoms with Crippen molar-refractivity contribution < 1.29 is 9.50 Å². The minimum absolute atomic E-state index is 0.0733. The third-order valence-corrected chi connectivity index (χ3v) is 3.88. The van der Waals surface area contributed by atoms with E-state index in [4.69, 9.17) is 23.2 Å². The summed E-state index contributed by atoms with van der Waals surface area (Å²) in [6.07, 6.45) is 0.436. The van der Waals surface area contributed by atoms with E-state index in [9.17, 15) is 9.50 Å². The lowest BCUT2D eigenvalue weighted by atomic mass is 9.98. The maximum atomic E-state index is 13.8. The highest BCUT2D eigenvalue weighted by Gasteiger charge is 2.25. The lowest BCUT2D eigenvalue weighted by Crippen LogP contribution is -2.11. The standard InChI is InChI=1S/C15H11Cl2FN2O/c16-8-5-10(15(21)11(17)6-8)14-7-13(19-20-14)9-3-1-2-4-12(9)18/h1-6,13,19,21H,7H2/t13-/m1/s1. The lowest BCUT2D eigenvalue weighted by molar-refractivity contribution is 0.474. The summed E-state index contributed by atoms with van der Waals surface area (Å²) in [6, 6.07) is 9.29. The van der Waals surface area contributed by atoms with Crippen LogP contribution in [0.25, 0.3) is 0 Å². The predicted octanol–water partition coefficient (Wildman–Crippen LogP) is 4.28. The Labute approximate surface area is 131 Å². The average molecular weight is 325 g/mol. The van der Waals surface area contributed by atoms with E-state index in [-0.39, 0.29) is 22.6 Å². The fourth-order valence-corrected chi connectivity index (χ4v) is 2.83. The molecule has 0 saturated carbocycles. The Morgan fingerprint density at radius 2 is 2.00 bits per heavy atom. The molecule has 0 unspecified atom stereocenters. The molecule has 108 valence electrons. The Hall–Kier alpha value is -1.78. The molecule has 0 bridgehead atoms. The number of hydrazone groups is 1. The quantitative estimate of drug-likeness (QED) is 0.866. The first-order valence-electron chi connectivity index (χ1n) is 6.31. The van der Waals surface area contributed by atoms with Crippen LogP contribution in [0.1, 0.15) is 23.6 Å². The van der Waals surface area contributed by atoms with Crippen LogP contribution in [-0.2, 0) is 0 Å². The van der Waals surface area contributed by atoms with Crippen LogP contribution >= 0.6 is 23.2 Å². The zero-order chi connectivity index (χ0) is 15.0. The second kappa shape index (κ2) is 5.54. The van der Waals surface area contributed by atoms with Gasteiger partial charge in [0.2, 0.25) is 0 Å². The van der Waals surface area contributed by atoms with Gasteiger partial charge in [-0.3, -0.25) is 0 Å². The Balaban J connectivity index is 1.90. The van der Waals surface area contributed by atoms with Gasteiger partial charge in [0, 0.05) is 22.6 Å². The summed E-state index contributed by atoms with van der Waals surface area (Å²) in [6.45, 7) is 0. The Bertz CT molecular complexity index is 734. The summed E-state index contributed by atoms with van der Waals surface area (Å²) >= 11 is 11.9. The predicted molar refractivity (Wildman–Crippen MR) is 81.6 cm³/mol. The van der Waals surface area contributed by atoms with E-state index in [2.05, 4.69) is 10.5 Å². The van der Waals surface area contributed by atoms with E-state index in [0.717, 1.165) is 0 Å². The summed E-state index contributed by atoms with van der Waals surface area (Å²) in [4.78, 5) is 0. The van der Waals surface area contributed by atoms with Crippen LogP contribution in [0.4, 0.5) is 4.39 Å². The molecule has 0 fully saturated rings. The topological polar surface area (TPSA) is 44.6 Å². The Morgan fingerprint density at radius 1 is 1.24 bits per heavy atom. The van der Waals surface area contributed by atoms with Crippen LogP contribution in [0.2, 0.25) is 10.0 Å². The maximum Gasteiger partial charge on any atom is 0.143 e. The summed E-state index contributed by atoms with van der Waals surface area (Å²) in [5, 5.41) is 14.8. The van der Waals surface area contributed by atoms with E-state index in [1.165, 1.54) is 12.1 Å². The minimum Gasteiger partial charge on any atom is -0.506 e. The summed E-state index contributed by atoms with van der Waals surface area (Å²) in [5.74, 6) is -0.365. The molecule has 0 spiro atoms. The smallest absolute Gasteiger partial charge is 0.143 e. The molecule has 2 N–H and O–H groups in total. The van der Waals surface area contributed by atoms with Crippen LogP contribution in [0.3, 0.4) is 0 Å². The molecule has 3 nitrogen and oxygen atoms in total. The maximum absolute atomic E-state index is 13.8. The number of phenolic OH excluding ortho intramolecular Hbond substituents is 1. The monoisotopic (exact) mass is 324 g/mol. The first-order chi connectivity index (χ1) is 10.1. The van der Waals surface area contributed by atoms with Crippen LogP contribution < -0.4 is 5.43 Å². The zero-order valence-electron chi connectivity index (χ0n) is 10.8. The van der Waals surface area contributed by atoms with Crippen LogP contribution in [0, 0.1) is 5.82 Å². The normalized spacial score (nSPS) is 17.5.